The minimum absolute atomic E-state index is 0.222. The molecule has 1 saturated carbocycles. The van der Waals surface area contributed by atoms with E-state index in [-0.39, 0.29) is 12.5 Å². The molecule has 0 aromatic heterocycles. The molecule has 3 nitrogen and oxygen atoms in total. The zero-order valence-electron chi connectivity index (χ0n) is 8.03. The van der Waals surface area contributed by atoms with Gasteiger partial charge in [0, 0.05) is 19.7 Å². The van der Waals surface area contributed by atoms with E-state index in [0.717, 1.165) is 12.2 Å². The first kappa shape index (κ1) is 10.9. The van der Waals surface area contributed by atoms with Crippen LogP contribution in [0.2, 0.25) is 0 Å². The fourth-order valence-electron chi connectivity index (χ4n) is 1.09. The van der Waals surface area contributed by atoms with Crippen molar-refractivity contribution < 1.29 is 9.90 Å². The van der Waals surface area contributed by atoms with Crippen molar-refractivity contribution in [2.45, 2.75) is 25.3 Å². The normalized spacial score (nSPS) is 15.8. The Labute approximate surface area is 83.5 Å². The number of amides is 1. The zero-order valence-corrected chi connectivity index (χ0v) is 8.85. The van der Waals surface area contributed by atoms with Crippen molar-refractivity contribution in [3.8, 4) is 0 Å². The third kappa shape index (κ3) is 4.00. The lowest BCUT2D eigenvalue weighted by Gasteiger charge is -2.15. The highest BCUT2D eigenvalue weighted by Gasteiger charge is 2.28. The molecule has 1 aliphatic carbocycles. The van der Waals surface area contributed by atoms with Gasteiger partial charge in [-0.3, -0.25) is 4.79 Å². The van der Waals surface area contributed by atoms with Crippen molar-refractivity contribution in [3.63, 3.8) is 0 Å². The Morgan fingerprint density at radius 3 is 2.85 bits per heavy atom. The average molecular weight is 203 g/mol. The maximum Gasteiger partial charge on any atom is 0.232 e. The summed E-state index contributed by atoms with van der Waals surface area (Å²) in [5, 5.41) is 8.53. The Balaban J connectivity index is 2.02. The predicted molar refractivity (Wildman–Crippen MR) is 54.8 cm³/mol. The van der Waals surface area contributed by atoms with Gasteiger partial charge in [0.1, 0.15) is 0 Å². The van der Waals surface area contributed by atoms with E-state index in [9.17, 15) is 4.79 Å². The van der Waals surface area contributed by atoms with Gasteiger partial charge in [0.05, 0.1) is 5.75 Å². The summed E-state index contributed by atoms with van der Waals surface area (Å²) in [6.07, 6.45) is 3.12. The molecule has 0 unspecified atom stereocenters. The SMILES string of the molecule is CN(C(=O)CSCCCO)C1CC1. The summed E-state index contributed by atoms with van der Waals surface area (Å²) >= 11 is 1.61. The Bertz CT molecular complexity index is 171. The molecule has 0 radical (unpaired) electrons. The molecule has 76 valence electrons. The van der Waals surface area contributed by atoms with Gasteiger partial charge >= 0.3 is 0 Å². The number of rotatable bonds is 6. The van der Waals surface area contributed by atoms with Crippen LogP contribution in [0.25, 0.3) is 0 Å². The first-order valence-corrected chi connectivity index (χ1v) is 5.85. The maximum atomic E-state index is 11.4. The molecule has 1 amide bonds. The van der Waals surface area contributed by atoms with Crippen molar-refractivity contribution in [2.24, 2.45) is 0 Å². The molecular weight excluding hydrogens is 186 g/mol. The second kappa shape index (κ2) is 5.50. The molecule has 0 aromatic rings. The largest absolute Gasteiger partial charge is 0.396 e. The maximum absolute atomic E-state index is 11.4. The van der Waals surface area contributed by atoms with Gasteiger partial charge in [0.15, 0.2) is 0 Å². The van der Waals surface area contributed by atoms with Gasteiger partial charge in [-0.1, -0.05) is 0 Å². The lowest BCUT2D eigenvalue weighted by molar-refractivity contribution is -0.127. The fourth-order valence-corrected chi connectivity index (χ4v) is 1.95. The van der Waals surface area contributed by atoms with E-state index in [1.807, 2.05) is 11.9 Å². The lowest BCUT2D eigenvalue weighted by Crippen LogP contribution is -2.30. The van der Waals surface area contributed by atoms with Crippen LogP contribution in [0.5, 0.6) is 0 Å². The highest BCUT2D eigenvalue weighted by Crippen LogP contribution is 2.25. The molecule has 1 aliphatic rings. The van der Waals surface area contributed by atoms with Crippen molar-refractivity contribution in [3.05, 3.63) is 0 Å². The van der Waals surface area contributed by atoms with Crippen molar-refractivity contribution in [1.29, 1.82) is 0 Å². The van der Waals surface area contributed by atoms with Crippen LogP contribution < -0.4 is 0 Å². The van der Waals surface area contributed by atoms with Crippen LogP contribution in [0.1, 0.15) is 19.3 Å². The smallest absolute Gasteiger partial charge is 0.232 e. The first-order chi connectivity index (χ1) is 6.25. The Morgan fingerprint density at radius 1 is 1.62 bits per heavy atom. The summed E-state index contributed by atoms with van der Waals surface area (Å²) in [6, 6.07) is 0.519. The third-order valence-electron chi connectivity index (χ3n) is 2.16. The average Bonchev–Trinajstić information content (AvgIpc) is 2.94. The third-order valence-corrected chi connectivity index (χ3v) is 3.19. The first-order valence-electron chi connectivity index (χ1n) is 4.70. The Hall–Kier alpha value is -0.220. The minimum Gasteiger partial charge on any atom is -0.396 e. The van der Waals surface area contributed by atoms with Gasteiger partial charge in [0.25, 0.3) is 0 Å². The summed E-state index contributed by atoms with van der Waals surface area (Å²) in [4.78, 5) is 13.3. The van der Waals surface area contributed by atoms with Crippen molar-refractivity contribution in [1.82, 2.24) is 4.90 Å². The quantitative estimate of drug-likeness (QED) is 0.647. The molecule has 0 aromatic carbocycles. The predicted octanol–water partition coefficient (Wildman–Crippen LogP) is 0.723. The van der Waals surface area contributed by atoms with Crippen LogP contribution in [-0.2, 0) is 4.79 Å². The summed E-state index contributed by atoms with van der Waals surface area (Å²) in [7, 11) is 1.88. The molecule has 0 aliphatic heterocycles. The minimum atomic E-state index is 0.222. The Kier molecular flexibility index (Phi) is 4.59. The second-order valence-electron chi connectivity index (χ2n) is 3.37. The number of hydrogen-bond donors (Lipinski definition) is 1. The number of thioether (sulfide) groups is 1. The molecule has 0 saturated heterocycles. The molecule has 13 heavy (non-hydrogen) atoms. The van der Waals surface area contributed by atoms with Gasteiger partial charge in [-0.25, -0.2) is 0 Å². The molecule has 0 spiro atoms. The number of carbonyl (C=O) groups excluding carboxylic acids is 1. The van der Waals surface area contributed by atoms with Crippen molar-refractivity contribution in [2.75, 3.05) is 25.2 Å². The van der Waals surface area contributed by atoms with Gasteiger partial charge in [-0.05, 0) is 25.0 Å². The van der Waals surface area contributed by atoms with E-state index >= 15 is 0 Å². The van der Waals surface area contributed by atoms with Gasteiger partial charge in [0.2, 0.25) is 5.91 Å². The van der Waals surface area contributed by atoms with E-state index in [1.165, 1.54) is 12.8 Å². The molecule has 1 N–H and O–H groups in total. The Morgan fingerprint density at radius 2 is 2.31 bits per heavy atom. The second-order valence-corrected chi connectivity index (χ2v) is 4.47. The van der Waals surface area contributed by atoms with Crippen LogP contribution in [0.15, 0.2) is 0 Å². The van der Waals surface area contributed by atoms with E-state index in [0.29, 0.717) is 11.8 Å². The molecular formula is C9H17NO2S. The van der Waals surface area contributed by atoms with Gasteiger partial charge in [-0.2, -0.15) is 11.8 Å². The molecule has 0 bridgehead atoms. The highest BCUT2D eigenvalue weighted by atomic mass is 32.2. The van der Waals surface area contributed by atoms with Gasteiger partial charge in [-0.15, -0.1) is 0 Å². The number of aliphatic hydroxyl groups excluding tert-OH is 1. The van der Waals surface area contributed by atoms with Crippen LogP contribution in [0.3, 0.4) is 0 Å². The van der Waals surface area contributed by atoms with E-state index in [2.05, 4.69) is 0 Å². The summed E-state index contributed by atoms with van der Waals surface area (Å²) in [6.45, 7) is 0.222. The number of aliphatic hydroxyl groups is 1. The van der Waals surface area contributed by atoms with Crippen LogP contribution in [-0.4, -0.2) is 47.1 Å². The zero-order chi connectivity index (χ0) is 9.68. The molecule has 1 rings (SSSR count). The van der Waals surface area contributed by atoms with Crippen LogP contribution in [0, 0.1) is 0 Å². The number of carbonyl (C=O) groups is 1. The summed E-state index contributed by atoms with van der Waals surface area (Å²) < 4.78 is 0. The molecule has 1 fully saturated rings. The molecule has 0 heterocycles. The highest BCUT2D eigenvalue weighted by molar-refractivity contribution is 7.99. The van der Waals surface area contributed by atoms with Crippen LogP contribution in [0.4, 0.5) is 0 Å². The van der Waals surface area contributed by atoms with E-state index < -0.39 is 0 Å². The van der Waals surface area contributed by atoms with Gasteiger partial charge < -0.3 is 10.0 Å². The van der Waals surface area contributed by atoms with E-state index in [1.54, 1.807) is 11.8 Å². The van der Waals surface area contributed by atoms with E-state index in [4.69, 9.17) is 5.11 Å². The lowest BCUT2D eigenvalue weighted by atomic mass is 10.5. The van der Waals surface area contributed by atoms with Crippen LogP contribution >= 0.6 is 11.8 Å². The topological polar surface area (TPSA) is 40.5 Å². The molecule has 0 atom stereocenters. The monoisotopic (exact) mass is 203 g/mol. The summed E-state index contributed by atoms with van der Waals surface area (Å²) in [5.74, 6) is 1.67. The standard InChI is InChI=1S/C9H17NO2S/c1-10(8-3-4-8)9(12)7-13-6-2-5-11/h8,11H,2-7H2,1H3. The number of hydrogen-bond acceptors (Lipinski definition) is 3. The fraction of sp³-hybridized carbons (Fsp3) is 0.889. The summed E-state index contributed by atoms with van der Waals surface area (Å²) in [5.41, 5.74) is 0. The van der Waals surface area contributed by atoms with Crippen molar-refractivity contribution >= 4 is 17.7 Å². The number of nitrogens with zero attached hydrogens (tertiary/aromatic N) is 1. The molecule has 4 heteroatoms.